The van der Waals surface area contributed by atoms with Crippen molar-refractivity contribution in [2.45, 2.75) is 58.2 Å². The molecule has 2 atom stereocenters. The molecule has 0 aliphatic carbocycles. The Morgan fingerprint density at radius 3 is 2.21 bits per heavy atom. The van der Waals surface area contributed by atoms with Crippen molar-refractivity contribution in [3.63, 3.8) is 0 Å². The Kier molecular flexibility index (Phi) is 11.0. The van der Waals surface area contributed by atoms with Crippen molar-refractivity contribution in [2.75, 3.05) is 20.2 Å². The number of nitrogens with two attached hydrogens (primary N) is 1. The fraction of sp³-hybridized carbons (Fsp3) is 0.522. The predicted molar refractivity (Wildman–Crippen MR) is 123 cm³/mol. The summed E-state index contributed by atoms with van der Waals surface area (Å²) in [6.07, 6.45) is -0.937. The Balaban J connectivity index is 3.34. The van der Waals surface area contributed by atoms with Crippen LogP contribution in [-0.4, -0.2) is 66.5 Å². The maximum atomic E-state index is 13.6. The van der Waals surface area contributed by atoms with Gasteiger partial charge in [-0.15, -0.1) is 0 Å². The van der Waals surface area contributed by atoms with E-state index >= 15 is 0 Å². The summed E-state index contributed by atoms with van der Waals surface area (Å²) in [5.74, 6) is -2.81. The molecule has 0 aliphatic heterocycles. The molecule has 0 aliphatic rings. The molecule has 0 heterocycles. The summed E-state index contributed by atoms with van der Waals surface area (Å²) in [5, 5.41) is 4.86. The average molecular weight is 479 g/mol. The quantitative estimate of drug-likeness (QED) is 0.401. The maximum Gasteiger partial charge on any atom is 0.408 e. The monoisotopic (exact) mass is 478 g/mol. The fourth-order valence-electron chi connectivity index (χ4n) is 3.09. The number of hydrogen-bond acceptors (Lipinski definition) is 7. The van der Waals surface area contributed by atoms with E-state index in [1.54, 1.807) is 58.0 Å². The van der Waals surface area contributed by atoms with E-state index in [2.05, 4.69) is 15.4 Å². The molecular weight excluding hydrogens is 444 g/mol. The second-order valence-corrected chi connectivity index (χ2v) is 8.51. The first-order valence-electron chi connectivity index (χ1n) is 10.9. The standard InChI is InChI=1S/C23H34N4O7/c1-6-12-27(21(31)16(13-17(24)28)26-22(32)34-23(2,3)4)19(15-10-8-7-9-11-15)20(30)25-14-18(29)33-5/h7-11,16,19H,6,12-14H2,1-5H3,(H2,24,28)(H,25,30)(H,26,32). The molecule has 1 rings (SSSR count). The lowest BCUT2D eigenvalue weighted by Gasteiger charge is -2.34. The van der Waals surface area contributed by atoms with Gasteiger partial charge >= 0.3 is 12.1 Å². The largest absolute Gasteiger partial charge is 0.468 e. The van der Waals surface area contributed by atoms with E-state index in [0.29, 0.717) is 12.0 Å². The second kappa shape index (κ2) is 13.2. The zero-order valence-corrected chi connectivity index (χ0v) is 20.3. The molecular formula is C23H34N4O7. The summed E-state index contributed by atoms with van der Waals surface area (Å²) in [6.45, 7) is 6.48. The van der Waals surface area contributed by atoms with Crippen LogP contribution in [0, 0.1) is 0 Å². The molecule has 0 bridgehead atoms. The van der Waals surface area contributed by atoms with Crippen molar-refractivity contribution >= 4 is 29.8 Å². The first-order chi connectivity index (χ1) is 15.9. The van der Waals surface area contributed by atoms with Crippen molar-refractivity contribution in [3.05, 3.63) is 35.9 Å². The molecule has 11 nitrogen and oxygen atoms in total. The summed E-state index contributed by atoms with van der Waals surface area (Å²) in [4.78, 5) is 63.5. The van der Waals surface area contributed by atoms with Crippen LogP contribution < -0.4 is 16.4 Å². The SMILES string of the molecule is CCCN(C(=O)C(CC(N)=O)NC(=O)OC(C)(C)C)C(C(=O)NCC(=O)OC)c1ccccc1. The molecule has 34 heavy (non-hydrogen) atoms. The Labute approximate surface area is 199 Å². The number of esters is 1. The topological polar surface area (TPSA) is 157 Å². The van der Waals surface area contributed by atoms with Gasteiger partial charge in [0.05, 0.1) is 13.5 Å². The Morgan fingerprint density at radius 1 is 1.09 bits per heavy atom. The third-order valence-electron chi connectivity index (χ3n) is 4.45. The van der Waals surface area contributed by atoms with Gasteiger partial charge in [-0.2, -0.15) is 0 Å². The van der Waals surface area contributed by atoms with Gasteiger partial charge in [-0.05, 0) is 32.8 Å². The number of alkyl carbamates (subject to hydrolysis) is 1. The summed E-state index contributed by atoms with van der Waals surface area (Å²) >= 11 is 0. The van der Waals surface area contributed by atoms with Crippen LogP contribution >= 0.6 is 0 Å². The van der Waals surface area contributed by atoms with Crippen LogP contribution in [0.4, 0.5) is 4.79 Å². The lowest BCUT2D eigenvalue weighted by molar-refractivity contribution is -0.145. The van der Waals surface area contributed by atoms with Gasteiger partial charge in [-0.3, -0.25) is 19.2 Å². The molecule has 0 fully saturated rings. The number of nitrogens with zero attached hydrogens (tertiary/aromatic N) is 1. The van der Waals surface area contributed by atoms with Gasteiger partial charge in [0.25, 0.3) is 0 Å². The third kappa shape index (κ3) is 9.47. The van der Waals surface area contributed by atoms with Crippen LogP contribution in [0.3, 0.4) is 0 Å². The zero-order valence-electron chi connectivity index (χ0n) is 20.3. The van der Waals surface area contributed by atoms with Crippen LogP contribution in [-0.2, 0) is 28.7 Å². The molecule has 0 radical (unpaired) electrons. The second-order valence-electron chi connectivity index (χ2n) is 8.51. The number of nitrogens with one attached hydrogen (secondary N) is 2. The smallest absolute Gasteiger partial charge is 0.408 e. The van der Waals surface area contributed by atoms with E-state index in [4.69, 9.17) is 10.5 Å². The zero-order chi connectivity index (χ0) is 25.9. The van der Waals surface area contributed by atoms with Crippen LogP contribution in [0.2, 0.25) is 0 Å². The highest BCUT2D eigenvalue weighted by Gasteiger charge is 2.36. The van der Waals surface area contributed by atoms with E-state index in [1.165, 1.54) is 12.0 Å². The number of carbonyl (C=O) groups excluding carboxylic acids is 5. The van der Waals surface area contributed by atoms with Gasteiger partial charge in [0.15, 0.2) is 0 Å². The first-order valence-corrected chi connectivity index (χ1v) is 10.9. The van der Waals surface area contributed by atoms with E-state index in [1.807, 2.05) is 0 Å². The number of amides is 4. The van der Waals surface area contributed by atoms with Gasteiger partial charge in [0.1, 0.15) is 24.2 Å². The summed E-state index contributed by atoms with van der Waals surface area (Å²) in [7, 11) is 1.19. The molecule has 11 heteroatoms. The number of methoxy groups -OCH3 is 1. The number of rotatable bonds is 11. The van der Waals surface area contributed by atoms with E-state index in [9.17, 15) is 24.0 Å². The Hall–Kier alpha value is -3.63. The van der Waals surface area contributed by atoms with Crippen LogP contribution in [0.15, 0.2) is 30.3 Å². The van der Waals surface area contributed by atoms with Gasteiger partial charge < -0.3 is 30.7 Å². The van der Waals surface area contributed by atoms with Gasteiger partial charge in [-0.25, -0.2) is 4.79 Å². The van der Waals surface area contributed by atoms with Crippen molar-refractivity contribution in [1.29, 1.82) is 0 Å². The van der Waals surface area contributed by atoms with E-state index in [-0.39, 0.29) is 6.54 Å². The molecule has 4 N–H and O–H groups in total. The number of hydrogen-bond donors (Lipinski definition) is 3. The molecule has 4 amide bonds. The minimum absolute atomic E-state index is 0.120. The number of carbonyl (C=O) groups is 5. The molecule has 0 saturated heterocycles. The maximum absolute atomic E-state index is 13.6. The van der Waals surface area contributed by atoms with Crippen LogP contribution in [0.5, 0.6) is 0 Å². The minimum Gasteiger partial charge on any atom is -0.468 e. The van der Waals surface area contributed by atoms with Crippen molar-refractivity contribution in [3.8, 4) is 0 Å². The van der Waals surface area contributed by atoms with Gasteiger partial charge in [0.2, 0.25) is 17.7 Å². The molecule has 1 aromatic rings. The summed E-state index contributed by atoms with van der Waals surface area (Å²) < 4.78 is 9.77. The fourth-order valence-corrected chi connectivity index (χ4v) is 3.09. The normalized spacial score (nSPS) is 12.6. The minimum atomic E-state index is -1.36. The Bertz CT molecular complexity index is 868. The lowest BCUT2D eigenvalue weighted by Crippen LogP contribution is -2.54. The van der Waals surface area contributed by atoms with Crippen LogP contribution in [0.1, 0.15) is 52.1 Å². The molecule has 2 unspecified atom stereocenters. The van der Waals surface area contributed by atoms with E-state index < -0.39 is 60.4 Å². The summed E-state index contributed by atoms with van der Waals surface area (Å²) in [6, 6.07) is 5.95. The van der Waals surface area contributed by atoms with Crippen LogP contribution in [0.25, 0.3) is 0 Å². The number of primary amides is 1. The average Bonchev–Trinajstić information content (AvgIpc) is 2.75. The van der Waals surface area contributed by atoms with Crippen molar-refractivity contribution in [1.82, 2.24) is 15.5 Å². The molecule has 0 saturated carbocycles. The highest BCUT2D eigenvalue weighted by Crippen LogP contribution is 2.23. The molecule has 1 aromatic carbocycles. The lowest BCUT2D eigenvalue weighted by atomic mass is 10.0. The van der Waals surface area contributed by atoms with Gasteiger partial charge in [0, 0.05) is 6.54 Å². The predicted octanol–water partition coefficient (Wildman–Crippen LogP) is 1.02. The number of benzene rings is 1. The number of ether oxygens (including phenoxy) is 2. The molecule has 188 valence electrons. The van der Waals surface area contributed by atoms with Gasteiger partial charge in [-0.1, -0.05) is 37.3 Å². The molecule has 0 aromatic heterocycles. The summed E-state index contributed by atoms with van der Waals surface area (Å²) in [5.41, 5.74) is 4.95. The van der Waals surface area contributed by atoms with E-state index in [0.717, 1.165) is 0 Å². The highest BCUT2D eigenvalue weighted by atomic mass is 16.6. The first kappa shape index (κ1) is 28.4. The molecule has 0 spiro atoms. The van der Waals surface area contributed by atoms with Crippen molar-refractivity contribution < 1.29 is 33.4 Å². The Morgan fingerprint density at radius 2 is 1.71 bits per heavy atom. The van der Waals surface area contributed by atoms with Crippen molar-refractivity contribution in [2.24, 2.45) is 5.73 Å². The third-order valence-corrected chi connectivity index (χ3v) is 4.45. The highest BCUT2D eigenvalue weighted by molar-refractivity contribution is 5.95.